The van der Waals surface area contributed by atoms with Crippen LogP contribution in [0, 0.1) is 11.8 Å². The Kier molecular flexibility index (Phi) is 5.64. The number of nitrogens with one attached hydrogen (secondary N) is 1. The summed E-state index contributed by atoms with van der Waals surface area (Å²) in [5.41, 5.74) is 0. The molecular formula is C15H28N2O2. The molecule has 1 aliphatic heterocycles. The number of likely N-dealkylation sites (N-methyl/N-ethyl adjacent to an activating group) is 1. The van der Waals surface area contributed by atoms with Crippen molar-refractivity contribution in [2.75, 3.05) is 32.8 Å². The average molecular weight is 268 g/mol. The second kappa shape index (κ2) is 7.25. The molecule has 19 heavy (non-hydrogen) atoms. The van der Waals surface area contributed by atoms with Gasteiger partial charge in [0.15, 0.2) is 0 Å². The molecule has 2 unspecified atom stereocenters. The molecule has 2 rings (SSSR count). The summed E-state index contributed by atoms with van der Waals surface area (Å²) in [6.45, 7) is 8.96. The monoisotopic (exact) mass is 268 g/mol. The van der Waals surface area contributed by atoms with Crippen LogP contribution in [0.4, 0.5) is 0 Å². The number of carbonyl (C=O) groups is 1. The first-order chi connectivity index (χ1) is 9.21. The molecule has 2 aliphatic rings. The maximum atomic E-state index is 11.6. The molecule has 4 heteroatoms. The summed E-state index contributed by atoms with van der Waals surface area (Å²) in [6.07, 6.45) is 4.47. The van der Waals surface area contributed by atoms with E-state index >= 15 is 0 Å². The van der Waals surface area contributed by atoms with Gasteiger partial charge in [0, 0.05) is 25.6 Å². The lowest BCUT2D eigenvalue weighted by molar-refractivity contribution is -0.144. The van der Waals surface area contributed by atoms with E-state index < -0.39 is 0 Å². The average Bonchev–Trinajstić information content (AvgIpc) is 3.20. The van der Waals surface area contributed by atoms with Crippen molar-refractivity contribution in [2.45, 2.75) is 45.6 Å². The minimum absolute atomic E-state index is 0.0357. The van der Waals surface area contributed by atoms with Crippen molar-refractivity contribution in [1.82, 2.24) is 10.2 Å². The van der Waals surface area contributed by atoms with E-state index in [0.29, 0.717) is 25.0 Å². The fraction of sp³-hybridized carbons (Fsp3) is 0.933. The highest BCUT2D eigenvalue weighted by atomic mass is 16.5. The third-order valence-corrected chi connectivity index (χ3v) is 4.21. The zero-order chi connectivity index (χ0) is 13.7. The van der Waals surface area contributed by atoms with E-state index in [1.165, 1.54) is 12.8 Å². The van der Waals surface area contributed by atoms with Crippen molar-refractivity contribution in [1.29, 1.82) is 0 Å². The SMILES string of the molecule is CCOC(=O)CC1CC(NCC2CC2)CN(CC)C1. The summed E-state index contributed by atoms with van der Waals surface area (Å²) < 4.78 is 5.08. The number of ether oxygens (including phenoxy) is 1. The first-order valence-corrected chi connectivity index (χ1v) is 7.82. The summed E-state index contributed by atoms with van der Waals surface area (Å²) in [5, 5.41) is 3.69. The van der Waals surface area contributed by atoms with Crippen LogP contribution in [-0.2, 0) is 9.53 Å². The topological polar surface area (TPSA) is 41.6 Å². The van der Waals surface area contributed by atoms with Gasteiger partial charge in [-0.3, -0.25) is 4.79 Å². The van der Waals surface area contributed by atoms with E-state index in [2.05, 4.69) is 17.1 Å². The molecule has 0 aromatic carbocycles. The van der Waals surface area contributed by atoms with Gasteiger partial charge in [0.25, 0.3) is 0 Å². The Hall–Kier alpha value is -0.610. The maximum Gasteiger partial charge on any atom is 0.306 e. The molecule has 4 nitrogen and oxygen atoms in total. The van der Waals surface area contributed by atoms with Crippen molar-refractivity contribution in [3.05, 3.63) is 0 Å². The Morgan fingerprint density at radius 3 is 2.68 bits per heavy atom. The number of rotatable bonds is 7. The zero-order valence-corrected chi connectivity index (χ0v) is 12.4. The highest BCUT2D eigenvalue weighted by molar-refractivity contribution is 5.69. The Labute approximate surface area is 116 Å². The number of carbonyl (C=O) groups excluding carboxylic acids is 1. The summed E-state index contributed by atoms with van der Waals surface area (Å²) in [4.78, 5) is 14.1. The summed E-state index contributed by atoms with van der Waals surface area (Å²) >= 11 is 0. The van der Waals surface area contributed by atoms with Gasteiger partial charge in [-0.05, 0) is 51.1 Å². The Balaban J connectivity index is 1.78. The molecule has 0 spiro atoms. The van der Waals surface area contributed by atoms with Crippen molar-refractivity contribution in [3.8, 4) is 0 Å². The molecular weight excluding hydrogens is 240 g/mol. The number of likely N-dealkylation sites (tertiary alicyclic amines) is 1. The third kappa shape index (κ3) is 5.11. The molecule has 1 N–H and O–H groups in total. The molecule has 0 aromatic heterocycles. The molecule has 110 valence electrons. The van der Waals surface area contributed by atoms with E-state index in [0.717, 1.165) is 38.5 Å². The van der Waals surface area contributed by atoms with Crippen LogP contribution in [0.5, 0.6) is 0 Å². The van der Waals surface area contributed by atoms with Gasteiger partial charge >= 0.3 is 5.97 Å². The van der Waals surface area contributed by atoms with Gasteiger partial charge in [-0.25, -0.2) is 0 Å². The maximum absolute atomic E-state index is 11.6. The van der Waals surface area contributed by atoms with Crippen molar-refractivity contribution < 1.29 is 9.53 Å². The number of hydrogen-bond donors (Lipinski definition) is 1. The molecule has 2 fully saturated rings. The van der Waals surface area contributed by atoms with Crippen LogP contribution in [0.3, 0.4) is 0 Å². The Morgan fingerprint density at radius 1 is 1.26 bits per heavy atom. The van der Waals surface area contributed by atoms with Crippen molar-refractivity contribution >= 4 is 5.97 Å². The minimum atomic E-state index is -0.0357. The van der Waals surface area contributed by atoms with Gasteiger partial charge in [-0.1, -0.05) is 6.92 Å². The molecule has 0 aromatic rings. The summed E-state index contributed by atoms with van der Waals surface area (Å²) in [6, 6.07) is 0.550. The van der Waals surface area contributed by atoms with Gasteiger partial charge in [0.2, 0.25) is 0 Å². The van der Waals surface area contributed by atoms with Gasteiger partial charge < -0.3 is 15.0 Å². The van der Waals surface area contributed by atoms with Crippen LogP contribution >= 0.6 is 0 Å². The Morgan fingerprint density at radius 2 is 2.05 bits per heavy atom. The summed E-state index contributed by atoms with van der Waals surface area (Å²) in [5.74, 6) is 1.33. The molecule has 1 saturated heterocycles. The van der Waals surface area contributed by atoms with Crippen LogP contribution in [0.2, 0.25) is 0 Å². The molecule has 0 bridgehead atoms. The molecule has 1 saturated carbocycles. The van der Waals surface area contributed by atoms with Crippen molar-refractivity contribution in [2.24, 2.45) is 11.8 Å². The number of piperidine rings is 1. The normalized spacial score (nSPS) is 28.3. The van der Waals surface area contributed by atoms with Crippen LogP contribution in [0.15, 0.2) is 0 Å². The fourth-order valence-corrected chi connectivity index (χ4v) is 2.97. The van der Waals surface area contributed by atoms with E-state index in [9.17, 15) is 4.79 Å². The number of hydrogen-bond acceptors (Lipinski definition) is 4. The van der Waals surface area contributed by atoms with Crippen LogP contribution in [0.25, 0.3) is 0 Å². The van der Waals surface area contributed by atoms with Crippen LogP contribution in [-0.4, -0.2) is 49.7 Å². The predicted molar refractivity (Wildman–Crippen MR) is 76.0 cm³/mol. The predicted octanol–water partition coefficient (Wildman–Crippen LogP) is 1.65. The second-order valence-electron chi connectivity index (χ2n) is 6.01. The fourth-order valence-electron chi connectivity index (χ4n) is 2.97. The van der Waals surface area contributed by atoms with E-state index in [1.807, 2.05) is 6.92 Å². The largest absolute Gasteiger partial charge is 0.466 e. The number of nitrogens with zero attached hydrogens (tertiary/aromatic N) is 1. The van der Waals surface area contributed by atoms with E-state index in [-0.39, 0.29) is 5.97 Å². The molecule has 2 atom stereocenters. The minimum Gasteiger partial charge on any atom is -0.466 e. The quantitative estimate of drug-likeness (QED) is 0.713. The van der Waals surface area contributed by atoms with Gasteiger partial charge in [-0.15, -0.1) is 0 Å². The lowest BCUT2D eigenvalue weighted by atomic mass is 9.91. The molecule has 0 amide bonds. The van der Waals surface area contributed by atoms with Gasteiger partial charge in [0.05, 0.1) is 6.61 Å². The Bertz CT molecular complexity index is 292. The highest BCUT2D eigenvalue weighted by Crippen LogP contribution is 2.28. The van der Waals surface area contributed by atoms with E-state index in [4.69, 9.17) is 4.74 Å². The lowest BCUT2D eigenvalue weighted by Gasteiger charge is -2.37. The lowest BCUT2D eigenvalue weighted by Crippen LogP contribution is -2.49. The smallest absolute Gasteiger partial charge is 0.306 e. The molecule has 1 aliphatic carbocycles. The molecule has 1 heterocycles. The van der Waals surface area contributed by atoms with Crippen LogP contribution < -0.4 is 5.32 Å². The van der Waals surface area contributed by atoms with Gasteiger partial charge in [0.1, 0.15) is 0 Å². The first-order valence-electron chi connectivity index (χ1n) is 7.82. The van der Waals surface area contributed by atoms with Gasteiger partial charge in [-0.2, -0.15) is 0 Å². The van der Waals surface area contributed by atoms with Crippen LogP contribution in [0.1, 0.15) is 39.5 Å². The summed E-state index contributed by atoms with van der Waals surface area (Å²) in [7, 11) is 0. The second-order valence-corrected chi connectivity index (χ2v) is 6.01. The first kappa shape index (κ1) is 14.8. The zero-order valence-electron chi connectivity index (χ0n) is 12.4. The number of esters is 1. The third-order valence-electron chi connectivity index (χ3n) is 4.21. The highest BCUT2D eigenvalue weighted by Gasteiger charge is 2.29. The van der Waals surface area contributed by atoms with E-state index in [1.54, 1.807) is 0 Å². The van der Waals surface area contributed by atoms with Crippen molar-refractivity contribution in [3.63, 3.8) is 0 Å². The standard InChI is InChI=1S/C15H28N2O2/c1-3-17-10-13(8-15(18)19-4-2)7-14(11-17)16-9-12-5-6-12/h12-14,16H,3-11H2,1-2H3. The molecule has 0 radical (unpaired) electrons.